The molecule has 7 nitrogen and oxygen atoms in total. The van der Waals surface area contributed by atoms with Crippen LogP contribution < -0.4 is 15.4 Å². The number of nitrogens with one attached hydrogen (secondary N) is 2. The first-order valence-corrected chi connectivity index (χ1v) is 9.07. The molecule has 0 radical (unpaired) electrons. The molecule has 0 aliphatic carbocycles. The zero-order valence-corrected chi connectivity index (χ0v) is 15.4. The molecule has 7 heteroatoms. The molecule has 0 bridgehead atoms. The van der Waals surface area contributed by atoms with Gasteiger partial charge in [-0.05, 0) is 51.1 Å². The van der Waals surface area contributed by atoms with Gasteiger partial charge in [-0.15, -0.1) is 0 Å². The van der Waals surface area contributed by atoms with Crippen LogP contribution in [-0.4, -0.2) is 53.3 Å². The van der Waals surface area contributed by atoms with E-state index in [1.54, 1.807) is 12.5 Å². The van der Waals surface area contributed by atoms with E-state index in [0.29, 0.717) is 6.54 Å². The molecule has 2 N–H and O–H groups in total. The number of aromatic nitrogens is 2. The molecule has 1 saturated heterocycles. The largest absolute Gasteiger partial charge is 0.490 e. The van der Waals surface area contributed by atoms with Gasteiger partial charge in [-0.3, -0.25) is 0 Å². The second-order valence-corrected chi connectivity index (χ2v) is 6.84. The number of anilines is 1. The maximum Gasteiger partial charge on any atom is 0.319 e. The SMILES string of the molecule is CC(CNC(=O)Nc1ccc(OC2CCN(C)CC2)cc1)n1ccnc1. The Hall–Kier alpha value is -2.54. The van der Waals surface area contributed by atoms with Crippen LogP contribution in [0.3, 0.4) is 0 Å². The standard InChI is InChI=1S/C19H27N5O2/c1-15(24-12-9-20-14-24)13-21-19(25)22-16-3-5-17(6-4-16)26-18-7-10-23(2)11-8-18/h3-6,9,12,14-15,18H,7-8,10-11,13H2,1-2H3,(H2,21,22,25). The van der Waals surface area contributed by atoms with Crippen molar-refractivity contribution in [3.05, 3.63) is 43.0 Å². The summed E-state index contributed by atoms with van der Waals surface area (Å²) in [5.74, 6) is 0.847. The van der Waals surface area contributed by atoms with Gasteiger partial charge in [-0.2, -0.15) is 0 Å². The molecule has 1 unspecified atom stereocenters. The van der Waals surface area contributed by atoms with Crippen molar-refractivity contribution in [2.75, 3.05) is 32.0 Å². The second kappa shape index (κ2) is 8.71. The topological polar surface area (TPSA) is 71.4 Å². The third kappa shape index (κ3) is 5.23. The normalized spacial score (nSPS) is 16.8. The Morgan fingerprint density at radius 2 is 2.04 bits per heavy atom. The highest BCUT2D eigenvalue weighted by molar-refractivity contribution is 5.89. The minimum absolute atomic E-state index is 0.147. The number of carbonyl (C=O) groups is 1. The van der Waals surface area contributed by atoms with Crippen molar-refractivity contribution in [2.24, 2.45) is 0 Å². The first-order valence-electron chi connectivity index (χ1n) is 9.07. The molecule has 0 spiro atoms. The number of hydrogen-bond donors (Lipinski definition) is 2. The van der Waals surface area contributed by atoms with Gasteiger partial charge in [0.2, 0.25) is 0 Å². The molecule has 0 saturated carbocycles. The molecule has 1 atom stereocenters. The predicted octanol–water partition coefficient (Wildman–Crippen LogP) is 2.74. The number of ether oxygens (including phenoxy) is 1. The molecule has 1 fully saturated rings. The van der Waals surface area contributed by atoms with Crippen molar-refractivity contribution in [3.8, 4) is 5.75 Å². The average Bonchev–Trinajstić information content (AvgIpc) is 3.18. The van der Waals surface area contributed by atoms with Crippen LogP contribution in [0.5, 0.6) is 5.75 Å². The molecule has 2 aromatic rings. The van der Waals surface area contributed by atoms with E-state index >= 15 is 0 Å². The first kappa shape index (κ1) is 18.3. The van der Waals surface area contributed by atoms with Crippen molar-refractivity contribution in [2.45, 2.75) is 31.9 Å². The Morgan fingerprint density at radius 1 is 1.31 bits per heavy atom. The summed E-state index contributed by atoms with van der Waals surface area (Å²) in [6, 6.07) is 7.46. The van der Waals surface area contributed by atoms with Crippen molar-refractivity contribution in [1.82, 2.24) is 19.8 Å². The Morgan fingerprint density at radius 3 is 2.69 bits per heavy atom. The summed E-state index contributed by atoms with van der Waals surface area (Å²) in [5, 5.41) is 5.71. The fourth-order valence-electron chi connectivity index (χ4n) is 2.96. The van der Waals surface area contributed by atoms with E-state index in [1.807, 2.05) is 42.0 Å². The summed E-state index contributed by atoms with van der Waals surface area (Å²) in [6.07, 6.45) is 7.73. The fourth-order valence-corrected chi connectivity index (χ4v) is 2.96. The van der Waals surface area contributed by atoms with Crippen LogP contribution >= 0.6 is 0 Å². The summed E-state index contributed by atoms with van der Waals surface area (Å²) in [6.45, 7) is 4.70. The molecule has 2 amide bonds. The minimum Gasteiger partial charge on any atom is -0.490 e. The van der Waals surface area contributed by atoms with Crippen LogP contribution in [0, 0.1) is 0 Å². The van der Waals surface area contributed by atoms with Gasteiger partial charge in [-0.25, -0.2) is 9.78 Å². The number of rotatable bonds is 6. The molecule has 3 rings (SSSR count). The summed E-state index contributed by atoms with van der Waals surface area (Å²) in [5.41, 5.74) is 0.744. The van der Waals surface area contributed by atoms with E-state index in [9.17, 15) is 4.79 Å². The number of carbonyl (C=O) groups excluding carboxylic acids is 1. The number of hydrogen-bond acceptors (Lipinski definition) is 4. The molecular formula is C19H27N5O2. The van der Waals surface area contributed by atoms with Gasteiger partial charge in [0.25, 0.3) is 0 Å². The first-order chi connectivity index (χ1) is 12.6. The maximum absolute atomic E-state index is 12.0. The Labute approximate surface area is 154 Å². The number of amides is 2. The van der Waals surface area contributed by atoms with Gasteiger partial charge >= 0.3 is 6.03 Å². The monoisotopic (exact) mass is 357 g/mol. The van der Waals surface area contributed by atoms with E-state index in [1.165, 1.54) is 0 Å². The van der Waals surface area contributed by atoms with Gasteiger partial charge in [0.1, 0.15) is 11.9 Å². The van der Waals surface area contributed by atoms with Crippen molar-refractivity contribution in [1.29, 1.82) is 0 Å². The van der Waals surface area contributed by atoms with Crippen LogP contribution in [0.2, 0.25) is 0 Å². The smallest absolute Gasteiger partial charge is 0.319 e. The number of benzene rings is 1. The molecule has 2 heterocycles. The lowest BCUT2D eigenvalue weighted by Crippen LogP contribution is -2.35. The van der Waals surface area contributed by atoms with Crippen LogP contribution in [0.15, 0.2) is 43.0 Å². The third-order valence-electron chi connectivity index (χ3n) is 4.67. The summed E-state index contributed by atoms with van der Waals surface area (Å²) < 4.78 is 7.97. The van der Waals surface area contributed by atoms with E-state index in [4.69, 9.17) is 4.74 Å². The van der Waals surface area contributed by atoms with Gasteiger partial charge in [0.05, 0.1) is 6.33 Å². The lowest BCUT2D eigenvalue weighted by Gasteiger charge is -2.29. The lowest BCUT2D eigenvalue weighted by atomic mass is 10.1. The number of imidazole rings is 1. The zero-order valence-electron chi connectivity index (χ0n) is 15.4. The van der Waals surface area contributed by atoms with Crippen LogP contribution in [-0.2, 0) is 0 Å². The van der Waals surface area contributed by atoms with E-state index in [-0.39, 0.29) is 18.2 Å². The zero-order chi connectivity index (χ0) is 18.4. The van der Waals surface area contributed by atoms with Gasteiger partial charge in [-0.1, -0.05) is 0 Å². The van der Waals surface area contributed by atoms with Crippen molar-refractivity contribution >= 4 is 11.7 Å². The second-order valence-electron chi connectivity index (χ2n) is 6.84. The summed E-state index contributed by atoms with van der Waals surface area (Å²) in [4.78, 5) is 18.4. The molecule has 1 aliphatic heterocycles. The van der Waals surface area contributed by atoms with E-state index in [2.05, 4.69) is 27.6 Å². The third-order valence-corrected chi connectivity index (χ3v) is 4.67. The molecule has 1 aromatic carbocycles. The predicted molar refractivity (Wildman–Crippen MR) is 102 cm³/mol. The summed E-state index contributed by atoms with van der Waals surface area (Å²) in [7, 11) is 2.14. The number of nitrogens with zero attached hydrogens (tertiary/aromatic N) is 3. The van der Waals surface area contributed by atoms with Crippen LogP contribution in [0.1, 0.15) is 25.8 Å². The lowest BCUT2D eigenvalue weighted by molar-refractivity contribution is 0.114. The fraction of sp³-hybridized carbons (Fsp3) is 0.474. The van der Waals surface area contributed by atoms with Crippen LogP contribution in [0.25, 0.3) is 0 Å². The van der Waals surface area contributed by atoms with Crippen LogP contribution in [0.4, 0.5) is 10.5 Å². The number of likely N-dealkylation sites (tertiary alicyclic amines) is 1. The van der Waals surface area contributed by atoms with Crippen molar-refractivity contribution < 1.29 is 9.53 Å². The highest BCUT2D eigenvalue weighted by atomic mass is 16.5. The molecule has 140 valence electrons. The highest BCUT2D eigenvalue weighted by Gasteiger charge is 2.17. The Balaban J connectivity index is 1.42. The number of urea groups is 1. The average molecular weight is 357 g/mol. The van der Waals surface area contributed by atoms with Gasteiger partial charge in [0.15, 0.2) is 0 Å². The van der Waals surface area contributed by atoms with E-state index < -0.39 is 0 Å². The summed E-state index contributed by atoms with van der Waals surface area (Å²) >= 11 is 0. The molecular weight excluding hydrogens is 330 g/mol. The highest BCUT2D eigenvalue weighted by Crippen LogP contribution is 2.20. The van der Waals surface area contributed by atoms with E-state index in [0.717, 1.165) is 37.4 Å². The van der Waals surface area contributed by atoms with Gasteiger partial charge < -0.3 is 24.8 Å². The molecule has 1 aliphatic rings. The Kier molecular flexibility index (Phi) is 6.12. The number of piperidine rings is 1. The molecule has 26 heavy (non-hydrogen) atoms. The van der Waals surface area contributed by atoms with Gasteiger partial charge in [0, 0.05) is 43.8 Å². The minimum atomic E-state index is -0.221. The Bertz CT molecular complexity index is 678. The molecule has 1 aromatic heterocycles. The maximum atomic E-state index is 12.0. The van der Waals surface area contributed by atoms with Crippen molar-refractivity contribution in [3.63, 3.8) is 0 Å². The quantitative estimate of drug-likeness (QED) is 0.834.